The summed E-state index contributed by atoms with van der Waals surface area (Å²) in [5.41, 5.74) is 0.910. The summed E-state index contributed by atoms with van der Waals surface area (Å²) in [4.78, 5) is 49.4. The molecule has 2 atom stereocenters. The number of benzene rings is 1. The SMILES string of the molecule is CSCCC(NS(=O)(=O)c1ccc(C)cc1)C(=O)N1CCC(C(=O)NC(CCC(=O)O)C(=O)O)CC1. The molecular formula is C23H33N3O8S2. The van der Waals surface area contributed by atoms with Crippen LogP contribution in [0.15, 0.2) is 29.2 Å². The van der Waals surface area contributed by atoms with Gasteiger partial charge in [0.05, 0.1) is 4.90 Å². The zero-order chi connectivity index (χ0) is 26.9. The van der Waals surface area contributed by atoms with E-state index in [2.05, 4.69) is 10.0 Å². The summed E-state index contributed by atoms with van der Waals surface area (Å²) in [5.74, 6) is -3.30. The highest BCUT2D eigenvalue weighted by atomic mass is 32.2. The largest absolute Gasteiger partial charge is 0.481 e. The van der Waals surface area contributed by atoms with E-state index in [1.165, 1.54) is 28.8 Å². The molecule has 0 radical (unpaired) electrons. The number of carboxylic acid groups (broad SMARTS) is 2. The number of aryl methyl sites for hydroxylation is 1. The molecule has 200 valence electrons. The number of carbonyl (C=O) groups excluding carboxylic acids is 2. The minimum Gasteiger partial charge on any atom is -0.481 e. The fraction of sp³-hybridized carbons (Fsp3) is 0.565. The van der Waals surface area contributed by atoms with Gasteiger partial charge in [0, 0.05) is 25.4 Å². The number of carboxylic acids is 2. The molecule has 1 saturated heterocycles. The summed E-state index contributed by atoms with van der Waals surface area (Å²) in [6.07, 6.45) is 2.11. The molecule has 0 spiro atoms. The summed E-state index contributed by atoms with van der Waals surface area (Å²) < 4.78 is 28.3. The zero-order valence-electron chi connectivity index (χ0n) is 20.3. The molecule has 1 aromatic rings. The number of nitrogens with zero attached hydrogens (tertiary/aromatic N) is 1. The van der Waals surface area contributed by atoms with Crippen LogP contribution in [0.25, 0.3) is 0 Å². The van der Waals surface area contributed by atoms with E-state index in [1.807, 2.05) is 13.2 Å². The van der Waals surface area contributed by atoms with Crippen LogP contribution >= 0.6 is 11.8 Å². The summed E-state index contributed by atoms with van der Waals surface area (Å²) >= 11 is 1.49. The van der Waals surface area contributed by atoms with Gasteiger partial charge in [-0.2, -0.15) is 16.5 Å². The van der Waals surface area contributed by atoms with E-state index in [9.17, 15) is 32.7 Å². The Balaban J connectivity index is 2.00. The Bertz CT molecular complexity index is 1040. The normalized spacial score (nSPS) is 16.2. The first-order chi connectivity index (χ1) is 16.9. The highest BCUT2D eigenvalue weighted by Gasteiger charge is 2.34. The van der Waals surface area contributed by atoms with Gasteiger partial charge in [0.25, 0.3) is 0 Å². The number of thioether (sulfide) groups is 1. The lowest BCUT2D eigenvalue weighted by molar-refractivity contribution is -0.144. The summed E-state index contributed by atoms with van der Waals surface area (Å²) in [6.45, 7) is 2.27. The first-order valence-corrected chi connectivity index (χ1v) is 14.4. The van der Waals surface area contributed by atoms with Crippen LogP contribution in [-0.2, 0) is 29.2 Å². The molecule has 0 aromatic heterocycles. The standard InChI is InChI=1S/C23H33N3O8S2/c1-15-3-5-17(6-4-15)36(33,34)25-18(11-14-35-2)22(30)26-12-9-16(10-13-26)21(29)24-19(23(31)32)7-8-20(27)28/h3-6,16,18-19,25H,7-14H2,1-2H3,(H,24,29)(H,27,28)(H,31,32). The Morgan fingerprint density at radius 1 is 1.06 bits per heavy atom. The molecule has 0 saturated carbocycles. The van der Waals surface area contributed by atoms with Gasteiger partial charge in [0.1, 0.15) is 12.1 Å². The number of carbonyl (C=O) groups is 4. The number of aliphatic carboxylic acids is 2. The van der Waals surface area contributed by atoms with Crippen molar-refractivity contribution in [1.29, 1.82) is 0 Å². The third-order valence-electron chi connectivity index (χ3n) is 5.98. The fourth-order valence-electron chi connectivity index (χ4n) is 3.84. The average Bonchev–Trinajstić information content (AvgIpc) is 2.83. The van der Waals surface area contributed by atoms with Crippen LogP contribution in [-0.4, -0.2) is 84.5 Å². The fourth-order valence-corrected chi connectivity index (χ4v) is 5.53. The number of nitrogens with one attached hydrogen (secondary N) is 2. The Morgan fingerprint density at radius 3 is 2.19 bits per heavy atom. The highest BCUT2D eigenvalue weighted by Crippen LogP contribution is 2.20. The van der Waals surface area contributed by atoms with E-state index in [-0.39, 0.29) is 49.6 Å². The predicted octanol–water partition coefficient (Wildman–Crippen LogP) is 1.07. The molecular weight excluding hydrogens is 510 g/mol. The Labute approximate surface area is 215 Å². The van der Waals surface area contributed by atoms with Gasteiger partial charge in [-0.15, -0.1) is 0 Å². The van der Waals surface area contributed by atoms with E-state index < -0.39 is 45.9 Å². The third kappa shape index (κ3) is 8.79. The predicted molar refractivity (Wildman–Crippen MR) is 134 cm³/mol. The third-order valence-corrected chi connectivity index (χ3v) is 8.11. The first-order valence-electron chi connectivity index (χ1n) is 11.6. The van der Waals surface area contributed by atoms with Gasteiger partial charge in [0.15, 0.2) is 0 Å². The van der Waals surface area contributed by atoms with Crippen molar-refractivity contribution >= 4 is 45.5 Å². The molecule has 2 unspecified atom stereocenters. The van der Waals surface area contributed by atoms with E-state index in [0.29, 0.717) is 12.2 Å². The van der Waals surface area contributed by atoms with Crippen LogP contribution in [0.5, 0.6) is 0 Å². The topological polar surface area (TPSA) is 170 Å². The van der Waals surface area contributed by atoms with Gasteiger partial charge in [-0.05, 0) is 56.7 Å². The second-order valence-electron chi connectivity index (χ2n) is 8.70. The summed E-state index contributed by atoms with van der Waals surface area (Å²) in [5, 5.41) is 20.4. The lowest BCUT2D eigenvalue weighted by Gasteiger charge is -2.34. The van der Waals surface area contributed by atoms with Crippen molar-refractivity contribution in [1.82, 2.24) is 14.9 Å². The number of piperidine rings is 1. The van der Waals surface area contributed by atoms with Crippen LogP contribution in [0.3, 0.4) is 0 Å². The van der Waals surface area contributed by atoms with Crippen molar-refractivity contribution in [3.63, 3.8) is 0 Å². The minimum absolute atomic E-state index is 0.0707. The molecule has 1 aliphatic heterocycles. The molecule has 1 heterocycles. The summed E-state index contributed by atoms with van der Waals surface area (Å²) in [7, 11) is -3.92. The highest BCUT2D eigenvalue weighted by molar-refractivity contribution is 7.98. The molecule has 2 amide bonds. The lowest BCUT2D eigenvalue weighted by atomic mass is 9.94. The Kier molecular flexibility index (Phi) is 11.2. The van der Waals surface area contributed by atoms with Crippen molar-refractivity contribution < 1.29 is 37.8 Å². The molecule has 4 N–H and O–H groups in total. The molecule has 1 aromatic carbocycles. The van der Waals surface area contributed by atoms with Crippen LogP contribution < -0.4 is 10.0 Å². The van der Waals surface area contributed by atoms with Crippen LogP contribution in [0.4, 0.5) is 0 Å². The monoisotopic (exact) mass is 543 g/mol. The molecule has 11 nitrogen and oxygen atoms in total. The minimum atomic E-state index is -3.92. The van der Waals surface area contributed by atoms with Crippen LogP contribution in [0.2, 0.25) is 0 Å². The number of amides is 2. The molecule has 1 aliphatic rings. The van der Waals surface area contributed by atoms with Gasteiger partial charge in [-0.25, -0.2) is 13.2 Å². The quantitative estimate of drug-likeness (QED) is 0.284. The van der Waals surface area contributed by atoms with Gasteiger partial charge in [-0.3, -0.25) is 14.4 Å². The molecule has 13 heteroatoms. The number of sulfonamides is 1. The average molecular weight is 544 g/mol. The van der Waals surface area contributed by atoms with Crippen LogP contribution in [0.1, 0.15) is 37.7 Å². The first kappa shape index (κ1) is 29.6. The van der Waals surface area contributed by atoms with Crippen LogP contribution in [0, 0.1) is 12.8 Å². The number of hydrogen-bond acceptors (Lipinski definition) is 7. The second kappa shape index (κ2) is 13.6. The maximum atomic E-state index is 13.2. The van der Waals surface area contributed by atoms with Crippen molar-refractivity contribution in [2.24, 2.45) is 5.92 Å². The zero-order valence-corrected chi connectivity index (χ0v) is 21.9. The molecule has 2 rings (SSSR count). The van der Waals surface area contributed by atoms with Crippen molar-refractivity contribution in [2.75, 3.05) is 25.1 Å². The molecule has 0 aliphatic carbocycles. The number of hydrogen-bond donors (Lipinski definition) is 4. The Hall–Kier alpha value is -2.64. The van der Waals surface area contributed by atoms with E-state index in [1.54, 1.807) is 12.1 Å². The molecule has 36 heavy (non-hydrogen) atoms. The number of rotatable bonds is 13. The van der Waals surface area contributed by atoms with Gasteiger partial charge < -0.3 is 20.4 Å². The smallest absolute Gasteiger partial charge is 0.326 e. The summed E-state index contributed by atoms with van der Waals surface area (Å²) in [6, 6.07) is 4.07. The second-order valence-corrected chi connectivity index (χ2v) is 11.4. The van der Waals surface area contributed by atoms with Gasteiger partial charge in [-0.1, -0.05) is 17.7 Å². The van der Waals surface area contributed by atoms with E-state index >= 15 is 0 Å². The molecule has 1 fully saturated rings. The Morgan fingerprint density at radius 2 is 1.67 bits per heavy atom. The van der Waals surface area contributed by atoms with Gasteiger partial charge >= 0.3 is 11.9 Å². The van der Waals surface area contributed by atoms with Crippen molar-refractivity contribution in [3.8, 4) is 0 Å². The number of likely N-dealkylation sites (tertiary alicyclic amines) is 1. The van der Waals surface area contributed by atoms with E-state index in [4.69, 9.17) is 5.11 Å². The lowest BCUT2D eigenvalue weighted by Crippen LogP contribution is -2.52. The van der Waals surface area contributed by atoms with Crippen molar-refractivity contribution in [3.05, 3.63) is 29.8 Å². The molecule has 0 bridgehead atoms. The van der Waals surface area contributed by atoms with Crippen molar-refractivity contribution in [2.45, 2.75) is 56.0 Å². The van der Waals surface area contributed by atoms with E-state index in [0.717, 1.165) is 5.56 Å². The maximum Gasteiger partial charge on any atom is 0.326 e. The van der Waals surface area contributed by atoms with Gasteiger partial charge in [0.2, 0.25) is 21.8 Å². The maximum absolute atomic E-state index is 13.2.